The summed E-state index contributed by atoms with van der Waals surface area (Å²) in [4.78, 5) is 6.80. The molecule has 0 heterocycles. The number of guanidine groups is 1. The van der Waals surface area contributed by atoms with Crippen molar-refractivity contribution in [2.45, 2.75) is 52.7 Å². The van der Waals surface area contributed by atoms with Gasteiger partial charge in [-0.05, 0) is 51.8 Å². The van der Waals surface area contributed by atoms with Crippen molar-refractivity contribution in [1.82, 2.24) is 15.5 Å². The van der Waals surface area contributed by atoms with Crippen molar-refractivity contribution in [2.75, 3.05) is 41.5 Å². The Labute approximate surface area is 193 Å². The van der Waals surface area contributed by atoms with Crippen molar-refractivity contribution in [1.29, 1.82) is 0 Å². The summed E-state index contributed by atoms with van der Waals surface area (Å²) in [5, 5.41) is 6.71. The van der Waals surface area contributed by atoms with Gasteiger partial charge in [-0.2, -0.15) is 0 Å². The predicted octanol–water partition coefficient (Wildman–Crippen LogP) is 3.50. The van der Waals surface area contributed by atoms with Crippen molar-refractivity contribution >= 4 is 29.9 Å². The van der Waals surface area contributed by atoms with Crippen molar-refractivity contribution in [3.8, 4) is 17.2 Å². The van der Waals surface area contributed by atoms with Crippen LogP contribution in [-0.4, -0.2) is 64.4 Å². The predicted molar refractivity (Wildman–Crippen MR) is 131 cm³/mol. The van der Waals surface area contributed by atoms with E-state index >= 15 is 0 Å². The zero-order valence-corrected chi connectivity index (χ0v) is 21.5. The molecule has 2 N–H and O–H groups in total. The molecule has 0 aliphatic rings. The molecule has 0 fully saturated rings. The molecule has 1 aromatic rings. The van der Waals surface area contributed by atoms with E-state index in [0.29, 0.717) is 35.9 Å². The SMILES string of the molecule is CN=C(NCCCN(C(C)C)C(C)C)NCc1cc(OC)c(OC)c(OC)c1.I. The van der Waals surface area contributed by atoms with E-state index < -0.39 is 0 Å². The maximum absolute atomic E-state index is 5.41. The van der Waals surface area contributed by atoms with Gasteiger partial charge in [0.2, 0.25) is 5.75 Å². The number of nitrogens with one attached hydrogen (secondary N) is 2. The molecule has 1 aromatic carbocycles. The number of benzene rings is 1. The minimum atomic E-state index is 0. The second kappa shape index (κ2) is 14.5. The first-order chi connectivity index (χ1) is 13.4. The van der Waals surface area contributed by atoms with Crippen LogP contribution in [0.5, 0.6) is 17.2 Å². The molecular weight excluding hydrogens is 483 g/mol. The van der Waals surface area contributed by atoms with E-state index in [-0.39, 0.29) is 24.0 Å². The van der Waals surface area contributed by atoms with E-state index in [9.17, 15) is 0 Å². The average Bonchev–Trinajstić information content (AvgIpc) is 2.68. The Balaban J connectivity index is 0.00000784. The molecule has 29 heavy (non-hydrogen) atoms. The fourth-order valence-corrected chi connectivity index (χ4v) is 3.22. The molecule has 0 saturated heterocycles. The number of aliphatic imine (C=N–C) groups is 1. The number of nitrogens with zero attached hydrogens (tertiary/aromatic N) is 2. The quantitative estimate of drug-likeness (QED) is 0.201. The molecule has 7 nitrogen and oxygen atoms in total. The highest BCUT2D eigenvalue weighted by molar-refractivity contribution is 14.0. The van der Waals surface area contributed by atoms with Gasteiger partial charge in [0.15, 0.2) is 17.5 Å². The van der Waals surface area contributed by atoms with Gasteiger partial charge in [0, 0.05) is 38.8 Å². The van der Waals surface area contributed by atoms with Crippen molar-refractivity contribution in [3.63, 3.8) is 0 Å². The Bertz CT molecular complexity index is 591. The molecule has 1 rings (SSSR count). The molecule has 0 spiro atoms. The van der Waals surface area contributed by atoms with Gasteiger partial charge in [0.1, 0.15) is 0 Å². The Hall–Kier alpha value is -1.42. The van der Waals surface area contributed by atoms with E-state index in [2.05, 4.69) is 48.2 Å². The summed E-state index contributed by atoms with van der Waals surface area (Å²) in [6.07, 6.45) is 1.06. The molecule has 168 valence electrons. The lowest BCUT2D eigenvalue weighted by Crippen LogP contribution is -2.41. The highest BCUT2D eigenvalue weighted by atomic mass is 127. The summed E-state index contributed by atoms with van der Waals surface area (Å²) >= 11 is 0. The fourth-order valence-electron chi connectivity index (χ4n) is 3.22. The molecule has 0 aliphatic carbocycles. The number of ether oxygens (including phenoxy) is 3. The summed E-state index contributed by atoms with van der Waals surface area (Å²) in [5.74, 6) is 2.65. The number of halogens is 1. The van der Waals surface area contributed by atoms with Crippen LogP contribution in [0.4, 0.5) is 0 Å². The summed E-state index contributed by atoms with van der Waals surface area (Å²) in [7, 11) is 6.61. The molecular formula is C21H39IN4O3. The molecule has 0 atom stereocenters. The van der Waals surface area contributed by atoms with Gasteiger partial charge < -0.3 is 24.8 Å². The van der Waals surface area contributed by atoms with E-state index in [0.717, 1.165) is 31.0 Å². The third kappa shape index (κ3) is 8.86. The van der Waals surface area contributed by atoms with Gasteiger partial charge in [0.25, 0.3) is 0 Å². The standard InChI is InChI=1S/C21H38N4O3.HI/c1-15(2)25(16(3)4)11-9-10-23-21(22-5)24-14-17-12-18(26-6)20(28-8)19(13-17)27-7;/h12-13,15-16H,9-11,14H2,1-8H3,(H2,22,23,24);1H. The maximum atomic E-state index is 5.41. The molecule has 0 aromatic heterocycles. The second-order valence-electron chi connectivity index (χ2n) is 7.17. The second-order valence-corrected chi connectivity index (χ2v) is 7.17. The molecule has 0 amide bonds. The summed E-state index contributed by atoms with van der Waals surface area (Å²) in [6, 6.07) is 4.98. The van der Waals surface area contributed by atoms with Crippen LogP contribution >= 0.6 is 24.0 Å². The lowest BCUT2D eigenvalue weighted by Gasteiger charge is -2.30. The van der Waals surface area contributed by atoms with Gasteiger partial charge in [-0.1, -0.05) is 0 Å². The van der Waals surface area contributed by atoms with Gasteiger partial charge in [-0.3, -0.25) is 9.89 Å². The minimum Gasteiger partial charge on any atom is -0.493 e. The number of methoxy groups -OCH3 is 3. The summed E-state index contributed by atoms with van der Waals surface area (Å²) < 4.78 is 16.2. The van der Waals surface area contributed by atoms with Crippen molar-refractivity contribution in [3.05, 3.63) is 17.7 Å². The first-order valence-electron chi connectivity index (χ1n) is 9.87. The van der Waals surface area contributed by atoms with Crippen LogP contribution in [0.2, 0.25) is 0 Å². The largest absolute Gasteiger partial charge is 0.493 e. The zero-order chi connectivity index (χ0) is 21.1. The van der Waals surface area contributed by atoms with Gasteiger partial charge >= 0.3 is 0 Å². The molecule has 0 aliphatic heterocycles. The van der Waals surface area contributed by atoms with Crippen LogP contribution in [0, 0.1) is 0 Å². The van der Waals surface area contributed by atoms with Crippen LogP contribution in [0.1, 0.15) is 39.7 Å². The topological polar surface area (TPSA) is 67.4 Å². The van der Waals surface area contributed by atoms with Gasteiger partial charge in [-0.25, -0.2) is 0 Å². The van der Waals surface area contributed by atoms with E-state index in [1.165, 1.54) is 0 Å². The lowest BCUT2D eigenvalue weighted by molar-refractivity contribution is 0.173. The van der Waals surface area contributed by atoms with Crippen LogP contribution in [0.15, 0.2) is 17.1 Å². The van der Waals surface area contributed by atoms with Crippen LogP contribution < -0.4 is 24.8 Å². The van der Waals surface area contributed by atoms with Crippen LogP contribution in [-0.2, 0) is 6.54 Å². The van der Waals surface area contributed by atoms with E-state index in [1.807, 2.05) is 12.1 Å². The Morgan fingerprint density at radius 3 is 1.93 bits per heavy atom. The Morgan fingerprint density at radius 1 is 0.966 bits per heavy atom. The molecule has 0 radical (unpaired) electrons. The highest BCUT2D eigenvalue weighted by Gasteiger charge is 2.14. The maximum Gasteiger partial charge on any atom is 0.203 e. The molecule has 0 saturated carbocycles. The minimum absolute atomic E-state index is 0. The zero-order valence-electron chi connectivity index (χ0n) is 19.2. The summed E-state index contributed by atoms with van der Waals surface area (Å²) in [5.41, 5.74) is 1.02. The van der Waals surface area contributed by atoms with Crippen LogP contribution in [0.25, 0.3) is 0 Å². The molecule has 8 heteroatoms. The Morgan fingerprint density at radius 2 is 1.52 bits per heavy atom. The van der Waals surface area contributed by atoms with Crippen LogP contribution in [0.3, 0.4) is 0 Å². The van der Waals surface area contributed by atoms with E-state index in [1.54, 1.807) is 28.4 Å². The smallest absolute Gasteiger partial charge is 0.203 e. The number of rotatable bonds is 11. The normalized spacial score (nSPS) is 11.5. The van der Waals surface area contributed by atoms with Gasteiger partial charge in [-0.15, -0.1) is 24.0 Å². The average molecular weight is 522 g/mol. The number of hydrogen-bond acceptors (Lipinski definition) is 5. The summed E-state index contributed by atoms with van der Waals surface area (Å²) in [6.45, 7) is 11.5. The monoisotopic (exact) mass is 522 g/mol. The van der Waals surface area contributed by atoms with E-state index in [4.69, 9.17) is 14.2 Å². The number of hydrogen-bond donors (Lipinski definition) is 2. The molecule has 0 unspecified atom stereocenters. The van der Waals surface area contributed by atoms with Crippen molar-refractivity contribution in [2.24, 2.45) is 4.99 Å². The first-order valence-corrected chi connectivity index (χ1v) is 9.87. The first kappa shape index (κ1) is 27.6. The third-order valence-electron chi connectivity index (χ3n) is 4.62. The Kier molecular flexibility index (Phi) is 13.8. The van der Waals surface area contributed by atoms with Crippen molar-refractivity contribution < 1.29 is 14.2 Å². The lowest BCUT2D eigenvalue weighted by atomic mass is 10.2. The van der Waals surface area contributed by atoms with Gasteiger partial charge in [0.05, 0.1) is 21.3 Å². The molecule has 0 bridgehead atoms. The third-order valence-corrected chi connectivity index (χ3v) is 4.62. The fraction of sp³-hybridized carbons (Fsp3) is 0.667. The highest BCUT2D eigenvalue weighted by Crippen LogP contribution is 2.38.